The fourth-order valence-electron chi connectivity index (χ4n) is 1.08. The maximum absolute atomic E-state index is 5.21. The molecule has 1 aliphatic heterocycles. The van der Waals surface area contributed by atoms with Crippen LogP contribution in [0.2, 0.25) is 0 Å². The monoisotopic (exact) mass is 157 g/mol. The summed E-state index contributed by atoms with van der Waals surface area (Å²) in [5.41, 5.74) is 3.34. The first-order chi connectivity index (χ1) is 5.43. The van der Waals surface area contributed by atoms with E-state index in [0.717, 1.165) is 45.7 Å². The number of morpholine rings is 1. The highest BCUT2D eigenvalue weighted by Gasteiger charge is 2.07. The van der Waals surface area contributed by atoms with Gasteiger partial charge in [-0.25, -0.2) is 5.01 Å². The van der Waals surface area contributed by atoms with Crippen LogP contribution in [0.5, 0.6) is 0 Å². The van der Waals surface area contributed by atoms with E-state index >= 15 is 0 Å². The second kappa shape index (κ2) is 5.52. The van der Waals surface area contributed by atoms with Gasteiger partial charge in [-0.1, -0.05) is 13.3 Å². The zero-order valence-corrected chi connectivity index (χ0v) is 7.01. The molecule has 0 atom stereocenters. The smallest absolute Gasteiger partial charge is 0.0608 e. The average Bonchev–Trinajstić information content (AvgIpc) is 2.07. The maximum atomic E-state index is 5.21. The number of ether oxygens (including phenoxy) is 1. The summed E-state index contributed by atoms with van der Waals surface area (Å²) >= 11 is 0. The third-order valence-corrected chi connectivity index (χ3v) is 1.77. The third-order valence-electron chi connectivity index (χ3n) is 1.77. The minimum absolute atomic E-state index is 0.859. The first kappa shape index (κ1) is 8.97. The van der Waals surface area contributed by atoms with Crippen LogP contribution >= 0.6 is 0 Å². The Bertz CT molecular complexity index is 92.1. The van der Waals surface area contributed by atoms with Gasteiger partial charge in [0.05, 0.1) is 13.2 Å². The van der Waals surface area contributed by atoms with E-state index in [1.165, 1.54) is 0 Å². The molecule has 0 aromatic rings. The van der Waals surface area contributed by atoms with Crippen molar-refractivity contribution in [2.45, 2.75) is 12.8 Å². The van der Waals surface area contributed by atoms with Crippen LogP contribution < -0.4 is 5.43 Å². The van der Waals surface area contributed by atoms with Crippen molar-refractivity contribution >= 4 is 0 Å². The SMILES string of the molecule is [CH2]CCCNN1CCOCC1. The average molecular weight is 157 g/mol. The fraction of sp³-hybridized carbons (Fsp3) is 0.875. The first-order valence-electron chi connectivity index (χ1n) is 4.29. The van der Waals surface area contributed by atoms with Crippen molar-refractivity contribution in [3.63, 3.8) is 0 Å². The summed E-state index contributed by atoms with van der Waals surface area (Å²) in [4.78, 5) is 0. The molecule has 11 heavy (non-hydrogen) atoms. The van der Waals surface area contributed by atoms with Crippen molar-refractivity contribution in [3.8, 4) is 0 Å². The molecule has 1 saturated heterocycles. The van der Waals surface area contributed by atoms with Gasteiger partial charge in [0, 0.05) is 19.6 Å². The van der Waals surface area contributed by atoms with Crippen LogP contribution in [-0.4, -0.2) is 37.9 Å². The largest absolute Gasteiger partial charge is 0.379 e. The Balaban J connectivity index is 1.96. The molecule has 1 rings (SSSR count). The zero-order valence-electron chi connectivity index (χ0n) is 7.01. The Hall–Kier alpha value is -0.120. The molecule has 0 saturated carbocycles. The van der Waals surface area contributed by atoms with Crippen molar-refractivity contribution < 1.29 is 4.74 Å². The minimum Gasteiger partial charge on any atom is -0.379 e. The molecular formula is C8H17N2O. The number of hydrogen-bond donors (Lipinski definition) is 1. The van der Waals surface area contributed by atoms with E-state index in [9.17, 15) is 0 Å². The second-order valence-corrected chi connectivity index (χ2v) is 2.71. The van der Waals surface area contributed by atoms with Gasteiger partial charge in [0.2, 0.25) is 0 Å². The summed E-state index contributed by atoms with van der Waals surface area (Å²) in [6.07, 6.45) is 2.16. The molecule has 3 nitrogen and oxygen atoms in total. The van der Waals surface area contributed by atoms with Gasteiger partial charge in [0.1, 0.15) is 0 Å². The lowest BCUT2D eigenvalue weighted by Crippen LogP contribution is -2.45. The minimum atomic E-state index is 0.859. The molecule has 1 heterocycles. The quantitative estimate of drug-likeness (QED) is 0.599. The molecule has 0 unspecified atom stereocenters. The van der Waals surface area contributed by atoms with Gasteiger partial charge in [-0.15, -0.1) is 0 Å². The standard InChI is InChI=1S/C8H17N2O/c1-2-3-4-9-10-5-7-11-8-6-10/h9H,1-8H2. The van der Waals surface area contributed by atoms with Gasteiger partial charge in [-0.3, -0.25) is 5.43 Å². The van der Waals surface area contributed by atoms with Gasteiger partial charge in [-0.05, 0) is 6.42 Å². The third kappa shape index (κ3) is 3.70. The molecule has 1 aliphatic rings. The van der Waals surface area contributed by atoms with Crippen molar-refractivity contribution in [2.24, 2.45) is 0 Å². The van der Waals surface area contributed by atoms with Crippen molar-refractivity contribution in [1.82, 2.24) is 10.4 Å². The molecular weight excluding hydrogens is 140 g/mol. The number of rotatable bonds is 4. The lowest BCUT2D eigenvalue weighted by Gasteiger charge is -2.27. The lowest BCUT2D eigenvalue weighted by molar-refractivity contribution is 0.0120. The molecule has 0 aliphatic carbocycles. The highest BCUT2D eigenvalue weighted by atomic mass is 16.5. The van der Waals surface area contributed by atoms with Gasteiger partial charge in [0.25, 0.3) is 0 Å². The topological polar surface area (TPSA) is 24.5 Å². The van der Waals surface area contributed by atoms with Crippen LogP contribution in [-0.2, 0) is 4.74 Å². The Morgan fingerprint density at radius 3 is 2.73 bits per heavy atom. The molecule has 1 radical (unpaired) electrons. The van der Waals surface area contributed by atoms with E-state index in [1.54, 1.807) is 0 Å². The summed E-state index contributed by atoms with van der Waals surface area (Å²) in [6.45, 7) is 8.57. The Morgan fingerprint density at radius 1 is 1.36 bits per heavy atom. The zero-order chi connectivity index (χ0) is 7.94. The number of hydrogen-bond acceptors (Lipinski definition) is 3. The molecule has 1 N–H and O–H groups in total. The summed E-state index contributed by atoms with van der Waals surface area (Å²) in [7, 11) is 0. The van der Waals surface area contributed by atoms with Crippen molar-refractivity contribution in [1.29, 1.82) is 0 Å². The Kier molecular flexibility index (Phi) is 4.50. The van der Waals surface area contributed by atoms with Crippen molar-refractivity contribution in [2.75, 3.05) is 32.8 Å². The molecule has 1 fully saturated rings. The van der Waals surface area contributed by atoms with E-state index in [4.69, 9.17) is 4.74 Å². The number of hydrazine groups is 1. The highest BCUT2D eigenvalue weighted by Crippen LogP contribution is 1.92. The summed E-state index contributed by atoms with van der Waals surface area (Å²) in [5, 5.41) is 2.22. The molecule has 0 amide bonds. The highest BCUT2D eigenvalue weighted by molar-refractivity contribution is 4.57. The van der Waals surface area contributed by atoms with Crippen LogP contribution in [0.4, 0.5) is 0 Å². The Morgan fingerprint density at radius 2 is 2.09 bits per heavy atom. The fourth-order valence-corrected chi connectivity index (χ4v) is 1.08. The Labute approximate surface area is 68.7 Å². The van der Waals surface area contributed by atoms with E-state index in [-0.39, 0.29) is 0 Å². The van der Waals surface area contributed by atoms with Crippen LogP contribution in [0.15, 0.2) is 0 Å². The predicted octanol–water partition coefficient (Wildman–Crippen LogP) is 0.437. The number of nitrogens with zero attached hydrogens (tertiary/aromatic N) is 1. The first-order valence-corrected chi connectivity index (χ1v) is 4.29. The molecule has 65 valence electrons. The lowest BCUT2D eigenvalue weighted by atomic mass is 10.3. The number of nitrogens with one attached hydrogen (secondary N) is 1. The molecule has 0 spiro atoms. The summed E-state index contributed by atoms with van der Waals surface area (Å²) in [6, 6.07) is 0. The summed E-state index contributed by atoms with van der Waals surface area (Å²) < 4.78 is 5.21. The van der Waals surface area contributed by atoms with E-state index in [0.29, 0.717) is 0 Å². The van der Waals surface area contributed by atoms with Crippen molar-refractivity contribution in [3.05, 3.63) is 6.92 Å². The van der Waals surface area contributed by atoms with E-state index in [1.807, 2.05) is 0 Å². The molecule has 0 aromatic carbocycles. The molecule has 0 bridgehead atoms. The van der Waals surface area contributed by atoms with Crippen LogP contribution in [0.3, 0.4) is 0 Å². The van der Waals surface area contributed by atoms with E-state index < -0.39 is 0 Å². The molecule has 3 heteroatoms. The van der Waals surface area contributed by atoms with Gasteiger partial charge >= 0.3 is 0 Å². The van der Waals surface area contributed by atoms with Gasteiger partial charge in [-0.2, -0.15) is 0 Å². The summed E-state index contributed by atoms with van der Waals surface area (Å²) in [5.74, 6) is 0. The van der Waals surface area contributed by atoms with E-state index in [2.05, 4.69) is 17.4 Å². The van der Waals surface area contributed by atoms with Gasteiger partial charge in [0.15, 0.2) is 0 Å². The van der Waals surface area contributed by atoms with Crippen LogP contribution in [0.1, 0.15) is 12.8 Å². The number of unbranched alkanes of at least 4 members (excludes halogenated alkanes) is 1. The maximum Gasteiger partial charge on any atom is 0.0608 e. The second-order valence-electron chi connectivity index (χ2n) is 2.71. The van der Waals surface area contributed by atoms with Crippen LogP contribution in [0, 0.1) is 6.92 Å². The molecule has 0 aromatic heterocycles. The van der Waals surface area contributed by atoms with Crippen LogP contribution in [0.25, 0.3) is 0 Å². The normalized spacial score (nSPS) is 20.5. The predicted molar refractivity (Wildman–Crippen MR) is 45.0 cm³/mol. The van der Waals surface area contributed by atoms with Gasteiger partial charge < -0.3 is 4.74 Å².